The molecule has 1 aromatic carbocycles. The predicted molar refractivity (Wildman–Crippen MR) is 84.3 cm³/mol. The lowest BCUT2D eigenvalue weighted by Gasteiger charge is -2.26. The molecule has 0 saturated carbocycles. The van der Waals surface area contributed by atoms with Crippen LogP contribution in [0.3, 0.4) is 0 Å². The second-order valence-corrected chi connectivity index (χ2v) is 5.51. The van der Waals surface area contributed by atoms with E-state index in [-0.39, 0.29) is 5.91 Å². The normalized spacial score (nSPS) is 15.7. The van der Waals surface area contributed by atoms with E-state index in [1.807, 2.05) is 0 Å². The van der Waals surface area contributed by atoms with Gasteiger partial charge in [-0.05, 0) is 18.2 Å². The third-order valence-corrected chi connectivity index (χ3v) is 3.71. The zero-order chi connectivity index (χ0) is 15.4. The highest BCUT2D eigenvalue weighted by molar-refractivity contribution is 6.31. The fourth-order valence-corrected chi connectivity index (χ4v) is 2.57. The average molecular weight is 321 g/mol. The highest BCUT2D eigenvalue weighted by atomic mass is 35.5. The maximum Gasteiger partial charge on any atom is 0.238 e. The molecule has 1 amide bonds. The summed E-state index contributed by atoms with van der Waals surface area (Å²) in [5, 5.41) is 10.8. The summed E-state index contributed by atoms with van der Waals surface area (Å²) >= 11 is 6.04. The molecule has 0 bridgehead atoms. The molecule has 1 aromatic heterocycles. The van der Waals surface area contributed by atoms with E-state index in [0.717, 1.165) is 31.9 Å². The molecule has 1 saturated heterocycles. The Bertz CT molecular complexity index is 639. The standard InChI is InChI=1S/C14H17ClN6O/c15-11-1-2-13(21-10-17-9-18-21)12(7-11)19-14(22)8-20-5-3-16-4-6-20/h1-2,7,9-10,16H,3-6,8H2,(H,19,22). The largest absolute Gasteiger partial charge is 0.323 e. The lowest BCUT2D eigenvalue weighted by molar-refractivity contribution is -0.117. The van der Waals surface area contributed by atoms with Gasteiger partial charge in [-0.25, -0.2) is 9.67 Å². The number of amides is 1. The molecule has 1 fully saturated rings. The van der Waals surface area contributed by atoms with Gasteiger partial charge in [-0.15, -0.1) is 0 Å². The molecule has 8 heteroatoms. The van der Waals surface area contributed by atoms with Crippen LogP contribution in [0.2, 0.25) is 5.02 Å². The highest BCUT2D eigenvalue weighted by Crippen LogP contribution is 2.23. The van der Waals surface area contributed by atoms with Crippen LogP contribution in [0.15, 0.2) is 30.9 Å². The molecule has 7 nitrogen and oxygen atoms in total. The van der Waals surface area contributed by atoms with E-state index in [1.165, 1.54) is 6.33 Å². The van der Waals surface area contributed by atoms with Crippen molar-refractivity contribution in [2.24, 2.45) is 0 Å². The van der Waals surface area contributed by atoms with E-state index in [0.29, 0.717) is 17.3 Å². The SMILES string of the molecule is O=C(CN1CCNCC1)Nc1cc(Cl)ccc1-n1cncn1. The number of rotatable bonds is 4. The zero-order valence-corrected chi connectivity index (χ0v) is 12.8. The fraction of sp³-hybridized carbons (Fsp3) is 0.357. The van der Waals surface area contributed by atoms with Crippen LogP contribution in [0.25, 0.3) is 5.69 Å². The van der Waals surface area contributed by atoms with Gasteiger partial charge in [-0.3, -0.25) is 9.69 Å². The van der Waals surface area contributed by atoms with Crippen LogP contribution in [0.1, 0.15) is 0 Å². The molecule has 2 heterocycles. The van der Waals surface area contributed by atoms with Crippen molar-refractivity contribution in [1.29, 1.82) is 0 Å². The molecule has 2 aromatic rings. The molecular weight excluding hydrogens is 304 g/mol. The van der Waals surface area contributed by atoms with E-state index in [2.05, 4.69) is 25.6 Å². The zero-order valence-electron chi connectivity index (χ0n) is 12.0. The molecule has 0 atom stereocenters. The van der Waals surface area contributed by atoms with Crippen molar-refractivity contribution < 1.29 is 4.79 Å². The van der Waals surface area contributed by atoms with E-state index in [9.17, 15) is 4.79 Å². The lowest BCUT2D eigenvalue weighted by Crippen LogP contribution is -2.46. The summed E-state index contributed by atoms with van der Waals surface area (Å²) in [4.78, 5) is 18.3. The quantitative estimate of drug-likeness (QED) is 0.870. The van der Waals surface area contributed by atoms with Crippen LogP contribution in [-0.2, 0) is 4.79 Å². The number of nitrogens with zero attached hydrogens (tertiary/aromatic N) is 4. The van der Waals surface area contributed by atoms with Crippen LogP contribution in [0.5, 0.6) is 0 Å². The first-order valence-corrected chi connectivity index (χ1v) is 7.47. The van der Waals surface area contributed by atoms with Gasteiger partial charge in [0.1, 0.15) is 12.7 Å². The molecule has 0 aliphatic carbocycles. The predicted octanol–water partition coefficient (Wildman–Crippen LogP) is 0.764. The Morgan fingerprint density at radius 3 is 2.91 bits per heavy atom. The Morgan fingerprint density at radius 1 is 1.36 bits per heavy atom. The Kier molecular flexibility index (Phi) is 4.67. The number of piperazine rings is 1. The smallest absolute Gasteiger partial charge is 0.238 e. The molecular formula is C14H17ClN6O. The fourth-order valence-electron chi connectivity index (χ4n) is 2.40. The summed E-state index contributed by atoms with van der Waals surface area (Å²) in [6.45, 7) is 3.94. The number of anilines is 1. The number of benzene rings is 1. The number of hydrogen-bond acceptors (Lipinski definition) is 5. The second-order valence-electron chi connectivity index (χ2n) is 5.08. The van der Waals surface area contributed by atoms with Crippen molar-refractivity contribution in [2.75, 3.05) is 38.0 Å². The first-order valence-electron chi connectivity index (χ1n) is 7.10. The minimum absolute atomic E-state index is 0.0643. The second kappa shape index (κ2) is 6.87. The first kappa shape index (κ1) is 15.0. The van der Waals surface area contributed by atoms with E-state index >= 15 is 0 Å². The minimum atomic E-state index is -0.0643. The van der Waals surface area contributed by atoms with Gasteiger partial charge >= 0.3 is 0 Å². The van der Waals surface area contributed by atoms with E-state index in [4.69, 9.17) is 11.6 Å². The summed E-state index contributed by atoms with van der Waals surface area (Å²) in [6.07, 6.45) is 3.02. The lowest BCUT2D eigenvalue weighted by atomic mass is 10.2. The third kappa shape index (κ3) is 3.62. The summed E-state index contributed by atoms with van der Waals surface area (Å²) < 4.78 is 1.59. The van der Waals surface area contributed by atoms with Gasteiger partial charge in [0.2, 0.25) is 5.91 Å². The van der Waals surface area contributed by atoms with Gasteiger partial charge in [-0.1, -0.05) is 11.6 Å². The summed E-state index contributed by atoms with van der Waals surface area (Å²) in [5.41, 5.74) is 1.36. The Balaban J connectivity index is 1.73. The first-order chi connectivity index (χ1) is 10.7. The number of carbonyl (C=O) groups excluding carboxylic acids is 1. The van der Waals surface area contributed by atoms with Crippen molar-refractivity contribution in [2.45, 2.75) is 0 Å². The maximum atomic E-state index is 12.3. The van der Waals surface area contributed by atoms with Gasteiger partial charge in [-0.2, -0.15) is 5.10 Å². The molecule has 0 spiro atoms. The van der Waals surface area contributed by atoms with Crippen molar-refractivity contribution in [3.8, 4) is 5.69 Å². The molecule has 2 N–H and O–H groups in total. The number of aromatic nitrogens is 3. The summed E-state index contributed by atoms with van der Waals surface area (Å²) in [7, 11) is 0. The van der Waals surface area contributed by atoms with Crippen molar-refractivity contribution in [3.05, 3.63) is 35.9 Å². The Morgan fingerprint density at radius 2 is 2.18 bits per heavy atom. The monoisotopic (exact) mass is 320 g/mol. The highest BCUT2D eigenvalue weighted by Gasteiger charge is 2.15. The van der Waals surface area contributed by atoms with Gasteiger partial charge in [0.15, 0.2) is 0 Å². The minimum Gasteiger partial charge on any atom is -0.323 e. The number of halogens is 1. The molecule has 1 aliphatic heterocycles. The van der Waals surface area contributed by atoms with Crippen LogP contribution in [0, 0.1) is 0 Å². The summed E-state index contributed by atoms with van der Waals surface area (Å²) in [6, 6.07) is 5.27. The van der Waals surface area contributed by atoms with Gasteiger partial charge in [0.05, 0.1) is 17.9 Å². The van der Waals surface area contributed by atoms with Crippen LogP contribution < -0.4 is 10.6 Å². The molecule has 0 unspecified atom stereocenters. The van der Waals surface area contributed by atoms with Crippen molar-refractivity contribution in [1.82, 2.24) is 25.0 Å². The van der Waals surface area contributed by atoms with E-state index in [1.54, 1.807) is 29.2 Å². The van der Waals surface area contributed by atoms with Gasteiger partial charge < -0.3 is 10.6 Å². The number of nitrogens with one attached hydrogen (secondary N) is 2. The van der Waals surface area contributed by atoms with E-state index < -0.39 is 0 Å². The molecule has 3 rings (SSSR count). The summed E-state index contributed by atoms with van der Waals surface area (Å²) in [5.74, 6) is -0.0643. The Hall–Kier alpha value is -1.96. The molecule has 1 aliphatic rings. The molecule has 116 valence electrons. The molecule has 0 radical (unpaired) electrons. The maximum absolute atomic E-state index is 12.3. The van der Waals surface area contributed by atoms with Crippen molar-refractivity contribution >= 4 is 23.2 Å². The average Bonchev–Trinajstić information content (AvgIpc) is 3.02. The van der Waals surface area contributed by atoms with Crippen LogP contribution in [-0.4, -0.2) is 58.3 Å². The third-order valence-electron chi connectivity index (χ3n) is 3.48. The topological polar surface area (TPSA) is 75.1 Å². The van der Waals surface area contributed by atoms with Gasteiger partial charge in [0.25, 0.3) is 0 Å². The van der Waals surface area contributed by atoms with Gasteiger partial charge in [0, 0.05) is 31.2 Å². The van der Waals surface area contributed by atoms with Crippen LogP contribution in [0.4, 0.5) is 5.69 Å². The van der Waals surface area contributed by atoms with Crippen LogP contribution >= 0.6 is 11.6 Å². The number of carbonyl (C=O) groups is 1. The molecule has 22 heavy (non-hydrogen) atoms. The number of hydrogen-bond donors (Lipinski definition) is 2. The Labute approximate surface area is 133 Å². The van der Waals surface area contributed by atoms with Crippen molar-refractivity contribution in [3.63, 3.8) is 0 Å².